The van der Waals surface area contributed by atoms with Gasteiger partial charge in [0.2, 0.25) is 11.8 Å². The average molecular weight is 578 g/mol. The summed E-state index contributed by atoms with van der Waals surface area (Å²) in [5, 5.41) is 13.5. The molecule has 3 fully saturated rings. The standard InChI is InChI=1S/C33H47N5O4/c1-31(14-8-15-31)20-34-30(41)33(3,21-42-5)23-11-7-12-24(19-23)36-29(40)27(37-28(39)25-13-18-35-38(25)4)26(22-9-6-10-22)32(2)16-17-32/h7,11-13,18-19,22,26-27H,6,8-10,14-17,20-21H2,1-5H3,(H,34,41)(H,36,40)(H,37,39)/t26?,27-,33?/m0/s1. The Bertz CT molecular complexity index is 1310. The number of amides is 3. The Balaban J connectivity index is 1.38. The smallest absolute Gasteiger partial charge is 0.270 e. The molecule has 1 heterocycles. The highest BCUT2D eigenvalue weighted by Gasteiger charge is 2.54. The number of anilines is 1. The van der Waals surface area contributed by atoms with Crippen molar-refractivity contribution >= 4 is 23.4 Å². The van der Waals surface area contributed by atoms with Gasteiger partial charge in [-0.25, -0.2) is 0 Å². The molecule has 3 atom stereocenters. The summed E-state index contributed by atoms with van der Waals surface area (Å²) in [6.07, 6.45) is 10.4. The summed E-state index contributed by atoms with van der Waals surface area (Å²) in [5.41, 5.74) is 1.02. The summed E-state index contributed by atoms with van der Waals surface area (Å²) in [6, 6.07) is 8.43. The second-order valence-electron chi connectivity index (χ2n) is 13.8. The first kappa shape index (κ1) is 30.3. The van der Waals surface area contributed by atoms with E-state index in [-0.39, 0.29) is 41.1 Å². The maximum absolute atomic E-state index is 14.1. The summed E-state index contributed by atoms with van der Waals surface area (Å²) in [7, 11) is 3.32. The van der Waals surface area contributed by atoms with Crippen LogP contribution in [0.1, 0.15) is 88.2 Å². The number of benzene rings is 1. The van der Waals surface area contributed by atoms with Gasteiger partial charge in [-0.2, -0.15) is 5.10 Å². The van der Waals surface area contributed by atoms with Crippen molar-refractivity contribution in [3.63, 3.8) is 0 Å². The lowest BCUT2D eigenvalue weighted by molar-refractivity contribution is -0.129. The third-order valence-electron chi connectivity index (χ3n) is 10.4. The van der Waals surface area contributed by atoms with Crippen LogP contribution in [0.15, 0.2) is 36.5 Å². The molecule has 0 spiro atoms. The van der Waals surface area contributed by atoms with Crippen molar-refractivity contribution in [2.45, 2.75) is 83.6 Å². The second-order valence-corrected chi connectivity index (χ2v) is 13.8. The van der Waals surface area contributed by atoms with Crippen molar-refractivity contribution in [3.05, 3.63) is 47.8 Å². The lowest BCUT2D eigenvalue weighted by Crippen LogP contribution is -2.54. The number of aromatic nitrogens is 2. The monoisotopic (exact) mass is 577 g/mol. The van der Waals surface area contributed by atoms with E-state index in [0.717, 1.165) is 50.5 Å². The Hall–Kier alpha value is -3.20. The SMILES string of the molecule is COCC(C)(C(=O)NCC1(C)CCC1)c1cccc(NC(=O)[C@@H](NC(=O)c2ccnn2C)C(C2CCC2)C2(C)CC2)c1. The fourth-order valence-corrected chi connectivity index (χ4v) is 6.88. The van der Waals surface area contributed by atoms with E-state index in [0.29, 0.717) is 23.8 Å². The highest BCUT2D eigenvalue weighted by Crippen LogP contribution is 2.58. The third-order valence-corrected chi connectivity index (χ3v) is 10.4. The fraction of sp³-hybridized carbons (Fsp3) is 0.636. The van der Waals surface area contributed by atoms with Gasteiger partial charge in [-0.1, -0.05) is 51.7 Å². The van der Waals surface area contributed by atoms with Gasteiger partial charge in [0.25, 0.3) is 5.91 Å². The zero-order chi connectivity index (χ0) is 30.1. The quantitative estimate of drug-likeness (QED) is 0.322. The van der Waals surface area contributed by atoms with Gasteiger partial charge in [0, 0.05) is 32.6 Å². The lowest BCUT2D eigenvalue weighted by atomic mass is 9.66. The first-order chi connectivity index (χ1) is 20.0. The molecule has 3 amide bonds. The van der Waals surface area contributed by atoms with Crippen LogP contribution in [0.25, 0.3) is 0 Å². The van der Waals surface area contributed by atoms with Crippen molar-refractivity contribution in [1.82, 2.24) is 20.4 Å². The van der Waals surface area contributed by atoms with E-state index in [1.54, 1.807) is 26.4 Å². The van der Waals surface area contributed by atoms with Crippen LogP contribution in [0.4, 0.5) is 5.69 Å². The average Bonchev–Trinajstić information content (AvgIpc) is 3.51. The largest absolute Gasteiger partial charge is 0.383 e. The summed E-state index contributed by atoms with van der Waals surface area (Å²) in [6.45, 7) is 7.18. The van der Waals surface area contributed by atoms with E-state index < -0.39 is 11.5 Å². The van der Waals surface area contributed by atoms with Crippen molar-refractivity contribution in [2.24, 2.45) is 29.7 Å². The first-order valence-electron chi connectivity index (χ1n) is 15.5. The number of hydrogen-bond donors (Lipinski definition) is 3. The Morgan fingerprint density at radius 1 is 1.12 bits per heavy atom. The van der Waals surface area contributed by atoms with Crippen LogP contribution in [-0.4, -0.2) is 53.8 Å². The van der Waals surface area contributed by atoms with Gasteiger partial charge in [0.15, 0.2) is 0 Å². The summed E-state index contributed by atoms with van der Waals surface area (Å²) >= 11 is 0. The van der Waals surface area contributed by atoms with Gasteiger partial charge in [0.1, 0.15) is 11.7 Å². The zero-order valence-corrected chi connectivity index (χ0v) is 25.8. The molecule has 3 aliphatic rings. The minimum absolute atomic E-state index is 0.0287. The summed E-state index contributed by atoms with van der Waals surface area (Å²) in [5.74, 6) is -0.180. The molecule has 2 aromatic rings. The van der Waals surface area contributed by atoms with Crippen LogP contribution in [0.3, 0.4) is 0 Å². The maximum atomic E-state index is 14.1. The molecule has 228 valence electrons. The van der Waals surface area contributed by atoms with Crippen molar-refractivity contribution in [1.29, 1.82) is 0 Å². The number of ether oxygens (including phenoxy) is 1. The van der Waals surface area contributed by atoms with Gasteiger partial charge in [-0.15, -0.1) is 0 Å². The topological polar surface area (TPSA) is 114 Å². The first-order valence-corrected chi connectivity index (χ1v) is 15.5. The number of rotatable bonds is 13. The maximum Gasteiger partial charge on any atom is 0.270 e. The molecule has 0 radical (unpaired) electrons. The number of aryl methyl sites for hydroxylation is 1. The van der Waals surface area contributed by atoms with Gasteiger partial charge in [0.05, 0.1) is 12.0 Å². The predicted octanol–water partition coefficient (Wildman–Crippen LogP) is 4.58. The van der Waals surface area contributed by atoms with Crippen LogP contribution in [0, 0.1) is 22.7 Å². The molecule has 3 N–H and O–H groups in total. The molecular formula is C33H47N5O4. The molecule has 1 aromatic heterocycles. The number of methoxy groups -OCH3 is 1. The Labute approximate surface area is 249 Å². The van der Waals surface area contributed by atoms with Crippen molar-refractivity contribution < 1.29 is 19.1 Å². The Morgan fingerprint density at radius 2 is 1.86 bits per heavy atom. The molecular weight excluding hydrogens is 530 g/mol. The molecule has 3 aliphatic carbocycles. The van der Waals surface area contributed by atoms with Crippen LogP contribution < -0.4 is 16.0 Å². The molecule has 2 unspecified atom stereocenters. The molecule has 0 bridgehead atoms. The minimum atomic E-state index is -0.932. The minimum Gasteiger partial charge on any atom is -0.383 e. The molecule has 9 heteroatoms. The predicted molar refractivity (Wildman–Crippen MR) is 162 cm³/mol. The number of nitrogens with one attached hydrogen (secondary N) is 3. The molecule has 5 rings (SSSR count). The van der Waals surface area contributed by atoms with Crippen LogP contribution in [0.2, 0.25) is 0 Å². The van der Waals surface area contributed by atoms with E-state index in [1.165, 1.54) is 11.1 Å². The molecule has 0 aliphatic heterocycles. The third kappa shape index (κ3) is 6.12. The zero-order valence-electron chi connectivity index (χ0n) is 25.8. The van der Waals surface area contributed by atoms with E-state index in [9.17, 15) is 14.4 Å². The van der Waals surface area contributed by atoms with E-state index in [1.807, 2.05) is 31.2 Å². The van der Waals surface area contributed by atoms with Crippen molar-refractivity contribution in [3.8, 4) is 0 Å². The molecule has 1 aromatic carbocycles. The van der Waals surface area contributed by atoms with E-state index >= 15 is 0 Å². The van der Waals surface area contributed by atoms with Gasteiger partial charge in [-0.05, 0) is 79.0 Å². The molecule has 9 nitrogen and oxygen atoms in total. The van der Waals surface area contributed by atoms with E-state index in [2.05, 4.69) is 34.9 Å². The summed E-state index contributed by atoms with van der Waals surface area (Å²) < 4.78 is 7.05. The van der Waals surface area contributed by atoms with Crippen molar-refractivity contribution in [2.75, 3.05) is 25.6 Å². The Morgan fingerprint density at radius 3 is 2.40 bits per heavy atom. The summed E-state index contributed by atoms with van der Waals surface area (Å²) in [4.78, 5) is 41.0. The number of carbonyl (C=O) groups excluding carboxylic acids is 3. The van der Waals surface area contributed by atoms with Crippen LogP contribution in [0.5, 0.6) is 0 Å². The number of carbonyl (C=O) groups is 3. The van der Waals surface area contributed by atoms with E-state index in [4.69, 9.17) is 4.74 Å². The second kappa shape index (κ2) is 11.8. The highest BCUT2D eigenvalue weighted by atomic mass is 16.5. The molecule has 0 saturated heterocycles. The fourth-order valence-electron chi connectivity index (χ4n) is 6.88. The lowest BCUT2D eigenvalue weighted by Gasteiger charge is -2.42. The molecule has 3 saturated carbocycles. The van der Waals surface area contributed by atoms with Gasteiger partial charge >= 0.3 is 0 Å². The van der Waals surface area contributed by atoms with Crippen LogP contribution >= 0.6 is 0 Å². The van der Waals surface area contributed by atoms with Crippen LogP contribution in [-0.2, 0) is 26.8 Å². The Kier molecular flexibility index (Phi) is 8.52. The number of nitrogens with zero attached hydrogens (tertiary/aromatic N) is 2. The van der Waals surface area contributed by atoms with Gasteiger partial charge in [-0.3, -0.25) is 19.1 Å². The highest BCUT2D eigenvalue weighted by molar-refractivity contribution is 6.01. The normalized spacial score (nSPS) is 21.5. The van der Waals surface area contributed by atoms with Gasteiger partial charge < -0.3 is 20.7 Å². The molecule has 42 heavy (non-hydrogen) atoms. The number of hydrogen-bond acceptors (Lipinski definition) is 5.